The molecule has 1 saturated heterocycles. The SMILES string of the molecule is CCNC(=NCc1ccc(-n2ccnc2C)nc1)NC1CCN(C(=O)C2CCCC2)C1. The Morgan fingerprint density at radius 2 is 2.06 bits per heavy atom. The average molecular weight is 424 g/mol. The van der Waals surface area contributed by atoms with E-state index in [2.05, 4.69) is 27.5 Å². The molecule has 1 unspecified atom stereocenters. The van der Waals surface area contributed by atoms with Crippen molar-refractivity contribution in [3.8, 4) is 5.82 Å². The van der Waals surface area contributed by atoms with Gasteiger partial charge in [0, 0.05) is 50.2 Å². The van der Waals surface area contributed by atoms with E-state index < -0.39 is 0 Å². The van der Waals surface area contributed by atoms with Crippen molar-refractivity contribution in [2.75, 3.05) is 19.6 Å². The van der Waals surface area contributed by atoms with Gasteiger partial charge in [-0.15, -0.1) is 0 Å². The Morgan fingerprint density at radius 1 is 1.23 bits per heavy atom. The molecule has 8 heteroatoms. The van der Waals surface area contributed by atoms with Crippen LogP contribution in [0, 0.1) is 12.8 Å². The summed E-state index contributed by atoms with van der Waals surface area (Å²) in [6.45, 7) is 6.96. The largest absolute Gasteiger partial charge is 0.357 e. The van der Waals surface area contributed by atoms with Crippen LogP contribution in [0.25, 0.3) is 5.82 Å². The number of amides is 1. The number of carbonyl (C=O) groups excluding carboxylic acids is 1. The van der Waals surface area contributed by atoms with Crippen LogP contribution < -0.4 is 10.6 Å². The molecular weight excluding hydrogens is 390 g/mol. The van der Waals surface area contributed by atoms with Crippen molar-refractivity contribution in [2.24, 2.45) is 10.9 Å². The van der Waals surface area contributed by atoms with E-state index in [1.807, 2.05) is 40.9 Å². The zero-order valence-corrected chi connectivity index (χ0v) is 18.5. The normalized spacial score (nSPS) is 19.7. The van der Waals surface area contributed by atoms with Crippen molar-refractivity contribution in [3.63, 3.8) is 0 Å². The molecular formula is C23H33N7O. The quantitative estimate of drug-likeness (QED) is 0.550. The molecule has 2 fully saturated rings. The Hall–Kier alpha value is -2.90. The van der Waals surface area contributed by atoms with Crippen LogP contribution in [-0.2, 0) is 11.3 Å². The first-order valence-corrected chi connectivity index (χ1v) is 11.4. The lowest BCUT2D eigenvalue weighted by molar-refractivity contribution is -0.134. The number of nitrogens with one attached hydrogen (secondary N) is 2. The van der Waals surface area contributed by atoms with E-state index in [0.29, 0.717) is 12.5 Å². The van der Waals surface area contributed by atoms with E-state index in [1.165, 1.54) is 12.8 Å². The van der Waals surface area contributed by atoms with Gasteiger partial charge in [0.25, 0.3) is 0 Å². The lowest BCUT2D eigenvalue weighted by atomic mass is 10.1. The van der Waals surface area contributed by atoms with Crippen LogP contribution in [0.4, 0.5) is 0 Å². The second-order valence-electron chi connectivity index (χ2n) is 8.46. The summed E-state index contributed by atoms with van der Waals surface area (Å²) in [5.41, 5.74) is 1.04. The molecule has 2 aliphatic rings. The molecule has 4 rings (SSSR count). The third-order valence-corrected chi connectivity index (χ3v) is 6.19. The van der Waals surface area contributed by atoms with E-state index in [9.17, 15) is 4.79 Å². The number of aromatic nitrogens is 3. The summed E-state index contributed by atoms with van der Waals surface area (Å²) >= 11 is 0. The highest BCUT2D eigenvalue weighted by atomic mass is 16.2. The van der Waals surface area contributed by atoms with Gasteiger partial charge in [0.1, 0.15) is 11.6 Å². The van der Waals surface area contributed by atoms with Crippen molar-refractivity contribution in [3.05, 3.63) is 42.1 Å². The molecule has 0 bridgehead atoms. The van der Waals surface area contributed by atoms with Crippen molar-refractivity contribution in [1.29, 1.82) is 0 Å². The maximum absolute atomic E-state index is 12.7. The molecule has 166 valence electrons. The van der Waals surface area contributed by atoms with Crippen molar-refractivity contribution in [1.82, 2.24) is 30.1 Å². The molecule has 1 atom stereocenters. The number of likely N-dealkylation sites (tertiary alicyclic amines) is 1. The van der Waals surface area contributed by atoms with Gasteiger partial charge in [0.05, 0.1) is 6.54 Å². The van der Waals surface area contributed by atoms with Crippen molar-refractivity contribution >= 4 is 11.9 Å². The summed E-state index contributed by atoms with van der Waals surface area (Å²) in [5.74, 6) is 3.15. The Balaban J connectivity index is 1.33. The van der Waals surface area contributed by atoms with E-state index in [-0.39, 0.29) is 12.0 Å². The summed E-state index contributed by atoms with van der Waals surface area (Å²) in [5, 5.41) is 6.84. The number of aryl methyl sites for hydroxylation is 1. The molecule has 1 aliphatic carbocycles. The van der Waals surface area contributed by atoms with Gasteiger partial charge in [-0.25, -0.2) is 15.0 Å². The Labute approximate surface area is 184 Å². The molecule has 2 aromatic heterocycles. The number of pyridine rings is 1. The van der Waals surface area contributed by atoms with Crippen LogP contribution in [-0.4, -0.2) is 57.0 Å². The molecule has 31 heavy (non-hydrogen) atoms. The van der Waals surface area contributed by atoms with Crippen LogP contribution in [0.3, 0.4) is 0 Å². The van der Waals surface area contributed by atoms with Gasteiger partial charge in [-0.1, -0.05) is 18.9 Å². The number of hydrogen-bond donors (Lipinski definition) is 2. The molecule has 2 N–H and O–H groups in total. The third kappa shape index (κ3) is 5.24. The Kier molecular flexibility index (Phi) is 6.84. The van der Waals surface area contributed by atoms with Crippen molar-refractivity contribution < 1.29 is 4.79 Å². The zero-order valence-electron chi connectivity index (χ0n) is 18.5. The van der Waals surface area contributed by atoms with Gasteiger partial charge in [-0.05, 0) is 44.7 Å². The highest BCUT2D eigenvalue weighted by Gasteiger charge is 2.32. The number of rotatable bonds is 6. The standard InChI is InChI=1S/C23H33N7O/c1-3-24-23(28-20-10-12-29(16-20)22(31)19-6-4-5-7-19)27-15-18-8-9-21(26-14-18)30-13-11-25-17(30)2/h8-9,11,13-14,19-20H,3-7,10,12,15-16H2,1-2H3,(H2,24,27,28). The molecule has 1 saturated carbocycles. The molecule has 0 spiro atoms. The van der Waals surface area contributed by atoms with Gasteiger partial charge >= 0.3 is 0 Å². The first-order chi connectivity index (χ1) is 15.1. The molecule has 1 amide bonds. The average Bonchev–Trinajstić information content (AvgIpc) is 3.54. The fraction of sp³-hybridized carbons (Fsp3) is 0.565. The number of nitrogens with zero attached hydrogens (tertiary/aromatic N) is 5. The summed E-state index contributed by atoms with van der Waals surface area (Å²) in [7, 11) is 0. The van der Waals surface area contributed by atoms with Gasteiger partial charge < -0.3 is 15.5 Å². The molecule has 2 aromatic rings. The highest BCUT2D eigenvalue weighted by molar-refractivity contribution is 5.81. The van der Waals surface area contributed by atoms with E-state index in [0.717, 1.165) is 62.1 Å². The Bertz CT molecular complexity index is 899. The Morgan fingerprint density at radius 3 is 2.74 bits per heavy atom. The highest BCUT2D eigenvalue weighted by Crippen LogP contribution is 2.27. The van der Waals surface area contributed by atoms with Crippen LogP contribution in [0.2, 0.25) is 0 Å². The predicted molar refractivity (Wildman–Crippen MR) is 121 cm³/mol. The number of guanidine groups is 1. The monoisotopic (exact) mass is 423 g/mol. The maximum Gasteiger partial charge on any atom is 0.225 e. The first-order valence-electron chi connectivity index (χ1n) is 11.4. The second-order valence-corrected chi connectivity index (χ2v) is 8.46. The van der Waals surface area contributed by atoms with Crippen LogP contribution in [0.15, 0.2) is 35.7 Å². The minimum Gasteiger partial charge on any atom is -0.357 e. The number of hydrogen-bond acceptors (Lipinski definition) is 4. The molecule has 3 heterocycles. The minimum atomic E-state index is 0.243. The van der Waals surface area contributed by atoms with E-state index in [4.69, 9.17) is 4.99 Å². The lowest BCUT2D eigenvalue weighted by Crippen LogP contribution is -2.45. The van der Waals surface area contributed by atoms with Crippen LogP contribution in [0.5, 0.6) is 0 Å². The van der Waals surface area contributed by atoms with Gasteiger partial charge in [-0.3, -0.25) is 9.36 Å². The molecule has 0 radical (unpaired) electrons. The number of imidazole rings is 1. The van der Waals surface area contributed by atoms with Crippen LogP contribution in [0.1, 0.15) is 50.4 Å². The summed E-state index contributed by atoms with van der Waals surface area (Å²) < 4.78 is 1.96. The fourth-order valence-corrected chi connectivity index (χ4v) is 4.47. The topological polar surface area (TPSA) is 87.4 Å². The number of carbonyl (C=O) groups is 1. The van der Waals surface area contributed by atoms with Gasteiger partial charge in [0.15, 0.2) is 5.96 Å². The summed E-state index contributed by atoms with van der Waals surface area (Å²) in [4.78, 5) is 28.3. The fourth-order valence-electron chi connectivity index (χ4n) is 4.47. The zero-order chi connectivity index (χ0) is 21.6. The van der Waals surface area contributed by atoms with Crippen LogP contribution >= 0.6 is 0 Å². The van der Waals surface area contributed by atoms with Crippen molar-refractivity contribution in [2.45, 2.75) is 58.5 Å². The van der Waals surface area contributed by atoms with Gasteiger partial charge in [-0.2, -0.15) is 0 Å². The second kappa shape index (κ2) is 9.94. The minimum absolute atomic E-state index is 0.243. The predicted octanol–water partition coefficient (Wildman–Crippen LogP) is 2.42. The maximum atomic E-state index is 12.7. The van der Waals surface area contributed by atoms with Gasteiger partial charge in [0.2, 0.25) is 5.91 Å². The first kappa shape index (κ1) is 21.3. The summed E-state index contributed by atoms with van der Waals surface area (Å²) in [6.07, 6.45) is 11.0. The summed E-state index contributed by atoms with van der Waals surface area (Å²) in [6, 6.07) is 4.28. The lowest BCUT2D eigenvalue weighted by Gasteiger charge is -2.21. The van der Waals surface area contributed by atoms with E-state index >= 15 is 0 Å². The third-order valence-electron chi connectivity index (χ3n) is 6.19. The smallest absolute Gasteiger partial charge is 0.225 e. The number of aliphatic imine (C=N–C) groups is 1. The molecule has 0 aromatic carbocycles. The molecule has 8 nitrogen and oxygen atoms in total. The van der Waals surface area contributed by atoms with E-state index in [1.54, 1.807) is 6.20 Å². The molecule has 1 aliphatic heterocycles.